The minimum Gasteiger partial charge on any atom is -0.379 e. The van der Waals surface area contributed by atoms with Crippen molar-refractivity contribution in [1.29, 1.82) is 0 Å². The van der Waals surface area contributed by atoms with Crippen LogP contribution in [0.4, 0.5) is 0 Å². The van der Waals surface area contributed by atoms with Crippen molar-refractivity contribution in [3.63, 3.8) is 0 Å². The first kappa shape index (κ1) is 18.3. The van der Waals surface area contributed by atoms with Gasteiger partial charge in [0, 0.05) is 18.5 Å². The van der Waals surface area contributed by atoms with Gasteiger partial charge in [-0.1, -0.05) is 29.3 Å². The Balaban J connectivity index is 2.86. The monoisotopic (exact) mass is 325 g/mol. The van der Waals surface area contributed by atoms with Crippen LogP contribution in [0.1, 0.15) is 26.2 Å². The number of halogens is 1. The highest BCUT2D eigenvalue weighted by molar-refractivity contribution is 9.09. The summed E-state index contributed by atoms with van der Waals surface area (Å²) in [5.41, 5.74) is 0. The smallest absolute Gasteiger partial charge is 0.0701 e. The third-order valence-electron chi connectivity index (χ3n) is 2.30. The lowest BCUT2D eigenvalue weighted by Crippen LogP contribution is -2.22. The van der Waals surface area contributed by atoms with Crippen LogP contribution in [-0.2, 0) is 14.2 Å². The Bertz CT molecular complexity index is 134. The fourth-order valence-corrected chi connectivity index (χ4v) is 1.53. The van der Waals surface area contributed by atoms with Crippen LogP contribution < -0.4 is 5.32 Å². The summed E-state index contributed by atoms with van der Waals surface area (Å²) in [6.45, 7) is 8.37. The molecule has 0 rings (SSSR count). The standard InChI is InChI=1S/C13H28BrNO3/c1-2-3-8-16-10-12-18-13-11-17-9-7-15-6-4-5-14/h15H,2-13H2,1H3. The van der Waals surface area contributed by atoms with E-state index >= 15 is 0 Å². The summed E-state index contributed by atoms with van der Waals surface area (Å²) in [6, 6.07) is 0. The molecule has 0 aromatic rings. The lowest BCUT2D eigenvalue weighted by molar-refractivity contribution is 0.0147. The van der Waals surface area contributed by atoms with Crippen molar-refractivity contribution in [2.45, 2.75) is 26.2 Å². The highest BCUT2D eigenvalue weighted by Crippen LogP contribution is 1.88. The normalized spacial score (nSPS) is 11.0. The third-order valence-corrected chi connectivity index (χ3v) is 2.86. The summed E-state index contributed by atoms with van der Waals surface area (Å²) in [6.07, 6.45) is 3.46. The van der Waals surface area contributed by atoms with Crippen molar-refractivity contribution in [3.8, 4) is 0 Å². The van der Waals surface area contributed by atoms with Crippen LogP contribution in [0.25, 0.3) is 0 Å². The lowest BCUT2D eigenvalue weighted by Gasteiger charge is -2.07. The van der Waals surface area contributed by atoms with Crippen LogP contribution in [0.2, 0.25) is 0 Å². The molecule has 0 aromatic heterocycles. The summed E-state index contributed by atoms with van der Waals surface area (Å²) >= 11 is 3.39. The second-order valence-electron chi connectivity index (χ2n) is 3.98. The Morgan fingerprint density at radius 3 is 2.00 bits per heavy atom. The molecule has 0 spiro atoms. The van der Waals surface area contributed by atoms with Crippen molar-refractivity contribution in [2.75, 3.05) is 58.1 Å². The molecule has 0 amide bonds. The van der Waals surface area contributed by atoms with Gasteiger partial charge in [0.15, 0.2) is 0 Å². The summed E-state index contributed by atoms with van der Waals surface area (Å²) in [5, 5.41) is 4.35. The zero-order valence-electron chi connectivity index (χ0n) is 11.6. The van der Waals surface area contributed by atoms with E-state index in [0.717, 1.165) is 44.5 Å². The van der Waals surface area contributed by atoms with E-state index in [-0.39, 0.29) is 0 Å². The Morgan fingerprint density at radius 2 is 1.39 bits per heavy atom. The number of hydrogen-bond donors (Lipinski definition) is 1. The predicted molar refractivity (Wildman–Crippen MR) is 78.6 cm³/mol. The topological polar surface area (TPSA) is 39.7 Å². The Labute approximate surface area is 120 Å². The van der Waals surface area contributed by atoms with Crippen LogP contribution in [-0.4, -0.2) is 58.1 Å². The van der Waals surface area contributed by atoms with Gasteiger partial charge in [-0.2, -0.15) is 0 Å². The van der Waals surface area contributed by atoms with Gasteiger partial charge >= 0.3 is 0 Å². The molecular weight excluding hydrogens is 298 g/mol. The molecule has 0 fully saturated rings. The number of nitrogens with one attached hydrogen (secondary N) is 1. The average Bonchev–Trinajstić information content (AvgIpc) is 2.39. The first-order valence-electron chi connectivity index (χ1n) is 6.91. The van der Waals surface area contributed by atoms with E-state index in [1.54, 1.807) is 0 Å². The molecule has 0 atom stereocenters. The molecule has 5 heteroatoms. The van der Waals surface area contributed by atoms with E-state index in [9.17, 15) is 0 Å². The van der Waals surface area contributed by atoms with Crippen LogP contribution in [0.5, 0.6) is 0 Å². The van der Waals surface area contributed by atoms with Gasteiger partial charge < -0.3 is 19.5 Å². The fourth-order valence-electron chi connectivity index (χ4n) is 1.25. The second-order valence-corrected chi connectivity index (χ2v) is 4.78. The molecule has 4 nitrogen and oxygen atoms in total. The van der Waals surface area contributed by atoms with E-state index in [2.05, 4.69) is 28.2 Å². The Hall–Kier alpha value is 0.320. The molecule has 0 unspecified atom stereocenters. The zero-order valence-corrected chi connectivity index (χ0v) is 13.2. The van der Waals surface area contributed by atoms with Gasteiger partial charge in [0.2, 0.25) is 0 Å². The van der Waals surface area contributed by atoms with Crippen LogP contribution in [0.3, 0.4) is 0 Å². The molecular formula is C13H28BrNO3. The van der Waals surface area contributed by atoms with Crippen LogP contribution in [0, 0.1) is 0 Å². The van der Waals surface area contributed by atoms with Crippen molar-refractivity contribution >= 4 is 15.9 Å². The molecule has 0 aromatic carbocycles. The predicted octanol–water partition coefficient (Wildman–Crippen LogP) is 2.21. The van der Waals surface area contributed by atoms with E-state index in [1.165, 1.54) is 6.42 Å². The maximum atomic E-state index is 5.42. The van der Waals surface area contributed by atoms with Gasteiger partial charge in [0.05, 0.1) is 33.0 Å². The molecule has 0 radical (unpaired) electrons. The minimum atomic E-state index is 0.651. The van der Waals surface area contributed by atoms with E-state index in [0.29, 0.717) is 26.4 Å². The first-order chi connectivity index (χ1) is 8.91. The molecule has 0 saturated heterocycles. The number of rotatable bonds is 15. The van der Waals surface area contributed by atoms with Crippen molar-refractivity contribution in [3.05, 3.63) is 0 Å². The molecule has 0 saturated carbocycles. The molecule has 0 aliphatic carbocycles. The van der Waals surface area contributed by atoms with Gasteiger partial charge in [0.1, 0.15) is 0 Å². The van der Waals surface area contributed by atoms with E-state index in [4.69, 9.17) is 14.2 Å². The average molecular weight is 326 g/mol. The Kier molecular flexibility index (Phi) is 17.6. The molecule has 0 heterocycles. The molecule has 1 N–H and O–H groups in total. The summed E-state index contributed by atoms with van der Waals surface area (Å²) in [4.78, 5) is 0. The van der Waals surface area contributed by atoms with E-state index in [1.807, 2.05) is 0 Å². The van der Waals surface area contributed by atoms with Crippen LogP contribution in [0.15, 0.2) is 0 Å². The number of hydrogen-bond acceptors (Lipinski definition) is 4. The van der Waals surface area contributed by atoms with E-state index < -0.39 is 0 Å². The molecule has 0 aliphatic heterocycles. The highest BCUT2D eigenvalue weighted by Gasteiger charge is 1.92. The number of alkyl halides is 1. The third kappa shape index (κ3) is 16.3. The van der Waals surface area contributed by atoms with Gasteiger partial charge in [-0.25, -0.2) is 0 Å². The quantitative estimate of drug-likeness (QED) is 0.370. The highest BCUT2D eigenvalue weighted by atomic mass is 79.9. The summed E-state index contributed by atoms with van der Waals surface area (Å²) < 4.78 is 16.2. The zero-order chi connectivity index (χ0) is 13.3. The van der Waals surface area contributed by atoms with Gasteiger partial charge in [-0.15, -0.1) is 0 Å². The van der Waals surface area contributed by atoms with Gasteiger partial charge in [-0.3, -0.25) is 0 Å². The maximum Gasteiger partial charge on any atom is 0.0701 e. The minimum absolute atomic E-state index is 0.651. The second kappa shape index (κ2) is 17.3. The SMILES string of the molecule is CCCCOCCOCCOCCNCCCBr. The molecule has 0 bridgehead atoms. The van der Waals surface area contributed by atoms with Crippen molar-refractivity contribution in [1.82, 2.24) is 5.32 Å². The van der Waals surface area contributed by atoms with Crippen molar-refractivity contribution < 1.29 is 14.2 Å². The lowest BCUT2D eigenvalue weighted by atomic mass is 10.4. The molecule has 0 aliphatic rings. The molecule has 110 valence electrons. The Morgan fingerprint density at radius 1 is 0.778 bits per heavy atom. The maximum absolute atomic E-state index is 5.42. The number of ether oxygens (including phenoxy) is 3. The largest absolute Gasteiger partial charge is 0.379 e. The van der Waals surface area contributed by atoms with Crippen LogP contribution >= 0.6 is 15.9 Å². The number of unbranched alkanes of at least 4 members (excludes halogenated alkanes) is 1. The van der Waals surface area contributed by atoms with Gasteiger partial charge in [-0.05, 0) is 19.4 Å². The fraction of sp³-hybridized carbons (Fsp3) is 1.00. The van der Waals surface area contributed by atoms with Gasteiger partial charge in [0.25, 0.3) is 0 Å². The summed E-state index contributed by atoms with van der Waals surface area (Å²) in [5.74, 6) is 0. The van der Waals surface area contributed by atoms with Crippen molar-refractivity contribution in [2.24, 2.45) is 0 Å². The summed E-state index contributed by atoms with van der Waals surface area (Å²) in [7, 11) is 0. The molecule has 18 heavy (non-hydrogen) atoms. The first-order valence-corrected chi connectivity index (χ1v) is 8.03.